The lowest BCUT2D eigenvalue weighted by Crippen LogP contribution is -2.43. The summed E-state index contributed by atoms with van der Waals surface area (Å²) in [5.74, 6) is -2.81. The van der Waals surface area contributed by atoms with Gasteiger partial charge in [-0.15, -0.1) is 0 Å². The normalized spacial score (nSPS) is 27.0. The number of hydrogen-bond donors (Lipinski definition) is 1. The van der Waals surface area contributed by atoms with E-state index in [1.165, 1.54) is 29.3 Å². The number of benzene rings is 1. The zero-order valence-electron chi connectivity index (χ0n) is 19.4. The Bertz CT molecular complexity index is 1190. The lowest BCUT2D eigenvalue weighted by atomic mass is 9.67. The molecule has 0 unspecified atom stereocenters. The van der Waals surface area contributed by atoms with Crippen LogP contribution >= 0.6 is 11.6 Å². The number of carbonyl (C=O) groups excluding carboxylic acids is 1. The molecule has 9 heteroatoms. The fourth-order valence-electron chi connectivity index (χ4n) is 5.32. The maximum atomic E-state index is 15.3. The highest BCUT2D eigenvalue weighted by molar-refractivity contribution is 6.30. The first kappa shape index (κ1) is 24.1. The lowest BCUT2D eigenvalue weighted by Gasteiger charge is -2.37. The third-order valence-electron chi connectivity index (χ3n) is 6.88. The second kappa shape index (κ2) is 8.33. The number of halogens is 2. The monoisotopic (exact) mass is 484 g/mol. The summed E-state index contributed by atoms with van der Waals surface area (Å²) in [6.45, 7) is 8.19. The van der Waals surface area contributed by atoms with Gasteiger partial charge in [0, 0.05) is 12.0 Å². The number of aromatic carboxylic acids is 1. The Hall–Kier alpha value is -3.02. The molecule has 3 heterocycles. The Balaban J connectivity index is 1.83. The zero-order chi connectivity index (χ0) is 25.0. The largest absolute Gasteiger partial charge is 0.477 e. The molecule has 1 aromatic heterocycles. The first-order valence-electron chi connectivity index (χ1n) is 11.0. The smallest absolute Gasteiger partial charge is 0.354 e. The van der Waals surface area contributed by atoms with Crippen molar-refractivity contribution < 1.29 is 19.1 Å². The fourth-order valence-corrected chi connectivity index (χ4v) is 5.50. The first-order valence-corrected chi connectivity index (χ1v) is 11.4. The third-order valence-corrected chi connectivity index (χ3v) is 7.17. The van der Waals surface area contributed by atoms with Crippen LogP contribution in [0.3, 0.4) is 0 Å². The minimum atomic E-state index is -1.16. The number of nitriles is 1. The molecule has 2 aromatic rings. The Labute approximate surface area is 202 Å². The molecule has 2 fully saturated rings. The summed E-state index contributed by atoms with van der Waals surface area (Å²) < 4.78 is 15.3. The van der Waals surface area contributed by atoms with Crippen LogP contribution in [0, 0.1) is 28.0 Å². The third kappa shape index (κ3) is 3.83. The van der Waals surface area contributed by atoms with Crippen LogP contribution in [0.5, 0.6) is 0 Å². The predicted molar refractivity (Wildman–Crippen MR) is 125 cm³/mol. The number of hydrogen-bond acceptors (Lipinski definition) is 5. The molecule has 1 N–H and O–H groups in total. The number of aromatic nitrogens is 1. The number of carbonyl (C=O) groups is 2. The average molecular weight is 485 g/mol. The van der Waals surface area contributed by atoms with Crippen molar-refractivity contribution in [1.29, 1.82) is 5.26 Å². The standard InChI is InChI=1S/C25H26ClFN4O3/c1-24(2,3)10-18-25(4,12-28)19(15-6-5-7-16(26)20(15)27)21-22(32)30(13-31(18)21)14-8-9-17(23(33)34)29-11-14/h5-9,11,18-19,21H,10,13H2,1-4H3,(H,33,34)/t18-,19-,21+,25+/m0/s1. The van der Waals surface area contributed by atoms with Crippen LogP contribution < -0.4 is 4.90 Å². The zero-order valence-corrected chi connectivity index (χ0v) is 20.2. The van der Waals surface area contributed by atoms with Crippen molar-refractivity contribution in [3.8, 4) is 6.07 Å². The van der Waals surface area contributed by atoms with Gasteiger partial charge in [0.1, 0.15) is 17.6 Å². The van der Waals surface area contributed by atoms with Gasteiger partial charge in [0.2, 0.25) is 5.91 Å². The highest BCUT2D eigenvalue weighted by atomic mass is 35.5. The number of fused-ring (bicyclic) bond motifs is 1. The number of carboxylic acid groups (broad SMARTS) is 1. The van der Waals surface area contributed by atoms with Crippen LogP contribution in [0.1, 0.15) is 56.1 Å². The molecule has 4 atom stereocenters. The summed E-state index contributed by atoms with van der Waals surface area (Å²) in [6, 6.07) is 8.88. The van der Waals surface area contributed by atoms with Gasteiger partial charge in [0.05, 0.1) is 35.1 Å². The molecule has 1 aromatic carbocycles. The van der Waals surface area contributed by atoms with Gasteiger partial charge in [0.15, 0.2) is 0 Å². The van der Waals surface area contributed by atoms with Crippen LogP contribution in [-0.2, 0) is 4.79 Å². The number of amides is 1. The van der Waals surface area contributed by atoms with E-state index in [1.807, 2.05) is 4.90 Å². The summed E-state index contributed by atoms with van der Waals surface area (Å²) in [5.41, 5.74) is -0.634. The molecule has 0 aliphatic carbocycles. The van der Waals surface area contributed by atoms with Crippen molar-refractivity contribution in [2.75, 3.05) is 11.6 Å². The average Bonchev–Trinajstić information content (AvgIpc) is 3.22. The highest BCUT2D eigenvalue weighted by Crippen LogP contribution is 2.56. The number of pyridine rings is 1. The summed E-state index contributed by atoms with van der Waals surface area (Å²) >= 11 is 6.09. The van der Waals surface area contributed by atoms with Gasteiger partial charge >= 0.3 is 5.97 Å². The number of anilines is 1. The van der Waals surface area contributed by atoms with Gasteiger partial charge < -0.3 is 5.11 Å². The van der Waals surface area contributed by atoms with E-state index in [0.29, 0.717) is 12.1 Å². The summed E-state index contributed by atoms with van der Waals surface area (Å²) in [6.07, 6.45) is 1.96. The molecule has 4 rings (SSSR count). The fraction of sp³-hybridized carbons (Fsp3) is 0.440. The van der Waals surface area contributed by atoms with E-state index in [1.54, 1.807) is 19.1 Å². The predicted octanol–water partition coefficient (Wildman–Crippen LogP) is 4.68. The Kier molecular flexibility index (Phi) is 5.91. The van der Waals surface area contributed by atoms with E-state index in [4.69, 9.17) is 16.7 Å². The van der Waals surface area contributed by atoms with Gasteiger partial charge in [-0.1, -0.05) is 44.5 Å². The molecule has 2 aliphatic rings. The van der Waals surface area contributed by atoms with Crippen molar-refractivity contribution in [2.45, 2.75) is 52.1 Å². The minimum absolute atomic E-state index is 0.0561. The molecule has 1 amide bonds. The van der Waals surface area contributed by atoms with Gasteiger partial charge in [0.25, 0.3) is 0 Å². The minimum Gasteiger partial charge on any atom is -0.477 e. The van der Waals surface area contributed by atoms with Crippen LogP contribution in [0.2, 0.25) is 5.02 Å². The van der Waals surface area contributed by atoms with Crippen LogP contribution in [0.4, 0.5) is 10.1 Å². The topological polar surface area (TPSA) is 97.5 Å². The quantitative estimate of drug-likeness (QED) is 0.676. The van der Waals surface area contributed by atoms with E-state index in [2.05, 4.69) is 31.8 Å². The van der Waals surface area contributed by atoms with Gasteiger partial charge in [-0.05, 0) is 42.5 Å². The molecule has 2 saturated heterocycles. The van der Waals surface area contributed by atoms with E-state index in [0.717, 1.165) is 0 Å². The maximum Gasteiger partial charge on any atom is 0.354 e. The van der Waals surface area contributed by atoms with Gasteiger partial charge in [-0.3, -0.25) is 14.6 Å². The van der Waals surface area contributed by atoms with Gasteiger partial charge in [-0.25, -0.2) is 14.2 Å². The first-order chi connectivity index (χ1) is 15.9. The second-order valence-electron chi connectivity index (χ2n) is 10.4. The molecule has 34 heavy (non-hydrogen) atoms. The molecule has 178 valence electrons. The molecule has 0 radical (unpaired) electrons. The molecule has 7 nitrogen and oxygen atoms in total. The van der Waals surface area contributed by atoms with Crippen LogP contribution in [-0.4, -0.2) is 45.6 Å². The molecule has 0 bridgehead atoms. The van der Waals surface area contributed by atoms with Crippen molar-refractivity contribution in [2.24, 2.45) is 10.8 Å². The highest BCUT2D eigenvalue weighted by Gasteiger charge is 2.64. The van der Waals surface area contributed by atoms with E-state index in [-0.39, 0.29) is 40.3 Å². The number of nitrogens with zero attached hydrogens (tertiary/aromatic N) is 4. The summed E-state index contributed by atoms with van der Waals surface area (Å²) in [4.78, 5) is 32.4. The number of carboxylic acids is 1. The van der Waals surface area contributed by atoms with Crippen molar-refractivity contribution >= 4 is 29.2 Å². The lowest BCUT2D eigenvalue weighted by molar-refractivity contribution is -0.119. The SMILES string of the molecule is CC(C)(C)C[C@@H]1N2CN(c3ccc(C(=O)O)nc3)C(=O)[C@H]2[C@H](c2cccc(Cl)c2F)[C@]1(C)C#N. The van der Waals surface area contributed by atoms with Crippen molar-refractivity contribution in [1.82, 2.24) is 9.88 Å². The van der Waals surface area contributed by atoms with Crippen LogP contribution in [0.15, 0.2) is 36.5 Å². The number of rotatable bonds is 4. The second-order valence-corrected chi connectivity index (χ2v) is 10.8. The Morgan fingerprint density at radius 3 is 2.62 bits per heavy atom. The molecular weight excluding hydrogens is 459 g/mol. The summed E-state index contributed by atoms with van der Waals surface area (Å²) in [7, 11) is 0. The summed E-state index contributed by atoms with van der Waals surface area (Å²) in [5, 5.41) is 19.4. The molecule has 0 saturated carbocycles. The van der Waals surface area contributed by atoms with E-state index >= 15 is 4.39 Å². The van der Waals surface area contributed by atoms with E-state index in [9.17, 15) is 14.9 Å². The van der Waals surface area contributed by atoms with E-state index < -0.39 is 29.2 Å². The van der Waals surface area contributed by atoms with Crippen molar-refractivity contribution in [3.63, 3.8) is 0 Å². The van der Waals surface area contributed by atoms with Gasteiger partial charge in [-0.2, -0.15) is 5.26 Å². The molecule has 0 spiro atoms. The van der Waals surface area contributed by atoms with Crippen molar-refractivity contribution in [3.05, 3.63) is 58.6 Å². The molecular formula is C25H26ClFN4O3. The maximum absolute atomic E-state index is 15.3. The van der Waals surface area contributed by atoms with Crippen LogP contribution in [0.25, 0.3) is 0 Å². The molecule has 2 aliphatic heterocycles. The Morgan fingerprint density at radius 2 is 2.06 bits per heavy atom. The Morgan fingerprint density at radius 1 is 1.35 bits per heavy atom.